The van der Waals surface area contributed by atoms with Gasteiger partial charge >= 0.3 is 5.51 Å². The second-order valence-corrected chi connectivity index (χ2v) is 6.04. The van der Waals surface area contributed by atoms with Crippen LogP contribution >= 0.6 is 10.5 Å². The fraction of sp³-hybridized carbons (Fsp3) is 0.385. The number of hydrogen-bond donors (Lipinski definition) is 0. The van der Waals surface area contributed by atoms with Gasteiger partial charge in [0.15, 0.2) is 9.58 Å². The average Bonchev–Trinajstić information content (AvgIpc) is 2.63. The van der Waals surface area contributed by atoms with Crippen molar-refractivity contribution in [1.29, 1.82) is 0 Å². The molecule has 2 aromatic rings. The zero-order valence-corrected chi connectivity index (χ0v) is 10.4. The van der Waals surface area contributed by atoms with Crippen LogP contribution in [-0.2, 0) is 11.9 Å². The molecule has 1 atom stereocenters. The van der Waals surface area contributed by atoms with Crippen LogP contribution in [0.3, 0.4) is 0 Å². The van der Waals surface area contributed by atoms with E-state index < -0.39 is 16.0 Å². The van der Waals surface area contributed by atoms with Crippen molar-refractivity contribution in [1.82, 2.24) is 0 Å². The molecule has 0 aliphatic heterocycles. The van der Waals surface area contributed by atoms with Gasteiger partial charge in [0, 0.05) is 17.9 Å². The highest BCUT2D eigenvalue weighted by Crippen LogP contribution is 2.51. The highest BCUT2D eigenvalue weighted by atomic mass is 32.2. The number of unbranched alkanes of at least 4 members (excludes halogenated alkanes) is 1. The summed E-state index contributed by atoms with van der Waals surface area (Å²) in [6.07, 6.45) is 2.29. The quantitative estimate of drug-likeness (QED) is 0.647. The van der Waals surface area contributed by atoms with E-state index in [9.17, 15) is 13.2 Å². The average molecular weight is 259 g/mol. The first kappa shape index (κ1) is 12.4. The Labute approximate surface area is 101 Å². The molecule has 0 bridgehead atoms. The highest BCUT2D eigenvalue weighted by molar-refractivity contribution is 7.38. The first-order chi connectivity index (χ1) is 8.04. The van der Waals surface area contributed by atoms with Crippen LogP contribution in [-0.4, -0.2) is 0 Å². The van der Waals surface area contributed by atoms with Gasteiger partial charge in [-0.1, -0.05) is 25.5 Å². The first-order valence-corrected chi connectivity index (χ1v) is 6.87. The minimum atomic E-state index is -4.15. The molecule has 0 amide bonds. The molecule has 1 unspecified atom stereocenters. The number of hydrogen-bond acceptors (Lipinski definition) is 0. The Bertz CT molecular complexity index is 511. The van der Waals surface area contributed by atoms with E-state index in [-0.39, 0.29) is 0 Å². The fourth-order valence-electron chi connectivity index (χ4n) is 1.96. The Morgan fingerprint density at radius 3 is 2.53 bits per heavy atom. The number of thiophene rings is 1. The van der Waals surface area contributed by atoms with E-state index in [2.05, 4.69) is 0 Å². The van der Waals surface area contributed by atoms with Gasteiger partial charge in [0.05, 0.1) is 10.5 Å². The minimum absolute atomic E-state index is 0.436. The van der Waals surface area contributed by atoms with Gasteiger partial charge in [-0.2, -0.15) is 0 Å². The van der Waals surface area contributed by atoms with Gasteiger partial charge in [-0.05, 0) is 18.6 Å². The lowest BCUT2D eigenvalue weighted by atomic mass is 10.2. The van der Waals surface area contributed by atoms with Crippen LogP contribution in [0.15, 0.2) is 30.3 Å². The maximum absolute atomic E-state index is 13.1. The third kappa shape index (κ3) is 2.46. The fourth-order valence-corrected chi connectivity index (χ4v) is 3.96. The Morgan fingerprint density at radius 2 is 1.88 bits per heavy atom. The van der Waals surface area contributed by atoms with Crippen LogP contribution in [0.25, 0.3) is 10.1 Å². The molecule has 4 heteroatoms. The molecule has 1 heterocycles. The van der Waals surface area contributed by atoms with Crippen molar-refractivity contribution in [3.63, 3.8) is 0 Å². The maximum Gasteiger partial charge on any atom is 0.600 e. The highest BCUT2D eigenvalue weighted by Gasteiger charge is 2.47. The number of fused-ring (bicyclic) bond motifs is 1. The molecular weight excluding hydrogens is 245 g/mol. The smallest absolute Gasteiger partial charge is 0.118 e. The molecule has 0 aliphatic rings. The van der Waals surface area contributed by atoms with Crippen molar-refractivity contribution in [3.8, 4) is 0 Å². The third-order valence-electron chi connectivity index (χ3n) is 2.73. The van der Waals surface area contributed by atoms with Crippen molar-refractivity contribution in [2.24, 2.45) is 0 Å². The largest absolute Gasteiger partial charge is 0.600 e. The van der Waals surface area contributed by atoms with Crippen LogP contribution in [0, 0.1) is 0 Å². The van der Waals surface area contributed by atoms with Gasteiger partial charge in [0.25, 0.3) is 0 Å². The van der Waals surface area contributed by atoms with Crippen LogP contribution < -0.4 is 0 Å². The normalized spacial score (nSPS) is 13.3. The lowest BCUT2D eigenvalue weighted by Crippen LogP contribution is -1.98. The SMILES string of the molecule is CCCCc1cc2ccccc2[s+]1C(F)(F)F. The lowest BCUT2D eigenvalue weighted by Gasteiger charge is -1.99. The summed E-state index contributed by atoms with van der Waals surface area (Å²) >= 11 is 0. The molecule has 0 saturated heterocycles. The summed E-state index contributed by atoms with van der Waals surface area (Å²) in [7, 11) is -1.70. The van der Waals surface area contributed by atoms with Crippen molar-refractivity contribution >= 4 is 20.6 Å². The summed E-state index contributed by atoms with van der Waals surface area (Å²) in [5, 5.41) is 0.735. The number of halogens is 3. The number of rotatable bonds is 3. The summed E-state index contributed by atoms with van der Waals surface area (Å²) in [5.41, 5.74) is -4.15. The standard InChI is InChI=1S/C13H14F3S/c1-2-3-7-11-9-10-6-4-5-8-12(10)17(11)13(14,15)16/h4-6,8-9H,2-3,7H2,1H3/q+1. The van der Waals surface area contributed by atoms with Crippen LogP contribution in [0.1, 0.15) is 24.6 Å². The van der Waals surface area contributed by atoms with Crippen molar-refractivity contribution in [2.45, 2.75) is 31.7 Å². The van der Waals surface area contributed by atoms with E-state index in [1.54, 1.807) is 30.3 Å². The molecule has 1 aromatic carbocycles. The molecule has 2 rings (SSSR count). The van der Waals surface area contributed by atoms with Gasteiger partial charge in [0.1, 0.15) is 0 Å². The molecule has 1 aromatic heterocycles. The monoisotopic (exact) mass is 259 g/mol. The number of benzene rings is 1. The molecule has 0 saturated carbocycles. The van der Waals surface area contributed by atoms with Crippen LogP contribution in [0.4, 0.5) is 13.2 Å². The maximum atomic E-state index is 13.1. The van der Waals surface area contributed by atoms with Crippen molar-refractivity contribution < 1.29 is 13.2 Å². The first-order valence-electron chi connectivity index (χ1n) is 5.64. The number of alkyl halides is 3. The molecule has 92 valence electrons. The molecule has 0 nitrogen and oxygen atoms in total. The molecule has 0 spiro atoms. The molecular formula is C13H14F3S+. The summed E-state index contributed by atoms with van der Waals surface area (Å²) in [6, 6.07) is 8.56. The Morgan fingerprint density at radius 1 is 1.18 bits per heavy atom. The van der Waals surface area contributed by atoms with E-state index in [4.69, 9.17) is 0 Å². The zero-order chi connectivity index (χ0) is 12.5. The predicted octanol–water partition coefficient (Wildman–Crippen LogP) is 5.41. The Hall–Kier alpha value is -1.03. The molecule has 17 heavy (non-hydrogen) atoms. The lowest BCUT2D eigenvalue weighted by molar-refractivity contribution is -0.0867. The molecule has 0 N–H and O–H groups in total. The molecule has 0 fully saturated rings. The summed E-state index contributed by atoms with van der Waals surface area (Å²) in [5.74, 6) is 0. The zero-order valence-electron chi connectivity index (χ0n) is 9.55. The number of aryl methyl sites for hydroxylation is 1. The van der Waals surface area contributed by atoms with Gasteiger partial charge in [-0.3, -0.25) is 0 Å². The van der Waals surface area contributed by atoms with Crippen LogP contribution in [0.2, 0.25) is 0 Å². The van der Waals surface area contributed by atoms with Crippen molar-refractivity contribution in [3.05, 3.63) is 35.2 Å². The second kappa shape index (κ2) is 4.69. The van der Waals surface area contributed by atoms with Crippen LogP contribution in [0.5, 0.6) is 0 Å². The van der Waals surface area contributed by atoms with E-state index in [1.807, 2.05) is 6.92 Å². The summed E-state index contributed by atoms with van der Waals surface area (Å²) < 4.78 is 39.7. The van der Waals surface area contributed by atoms with Crippen molar-refractivity contribution in [2.75, 3.05) is 0 Å². The van der Waals surface area contributed by atoms with Gasteiger partial charge in [-0.15, -0.1) is 13.2 Å². The molecule has 0 radical (unpaired) electrons. The summed E-state index contributed by atoms with van der Waals surface area (Å²) in [6.45, 7) is 1.99. The van der Waals surface area contributed by atoms with E-state index >= 15 is 0 Å². The Balaban J connectivity index is 2.57. The predicted molar refractivity (Wildman–Crippen MR) is 66.3 cm³/mol. The second-order valence-electron chi connectivity index (χ2n) is 4.00. The minimum Gasteiger partial charge on any atom is -0.118 e. The summed E-state index contributed by atoms with van der Waals surface area (Å²) in [4.78, 5) is 0.542. The van der Waals surface area contributed by atoms with Gasteiger partial charge in [-0.25, -0.2) is 0 Å². The van der Waals surface area contributed by atoms with Gasteiger partial charge in [0.2, 0.25) is 0 Å². The topological polar surface area (TPSA) is 0 Å². The van der Waals surface area contributed by atoms with E-state index in [0.717, 1.165) is 18.2 Å². The van der Waals surface area contributed by atoms with E-state index in [0.29, 0.717) is 16.0 Å². The van der Waals surface area contributed by atoms with Gasteiger partial charge < -0.3 is 0 Å². The Kier molecular flexibility index (Phi) is 3.43. The van der Waals surface area contributed by atoms with E-state index in [1.165, 1.54) is 0 Å². The molecule has 0 aliphatic carbocycles. The third-order valence-corrected chi connectivity index (χ3v) is 4.85.